The maximum atomic E-state index is 13.2. The molecule has 1 fully saturated rings. The number of piperazine rings is 1. The lowest BCUT2D eigenvalue weighted by molar-refractivity contribution is -0.129. The molecular formula is C21H30N6O3. The van der Waals surface area contributed by atoms with Gasteiger partial charge in [-0.05, 0) is 32.3 Å². The maximum absolute atomic E-state index is 13.2. The lowest BCUT2D eigenvalue weighted by Gasteiger charge is -2.41. The van der Waals surface area contributed by atoms with Crippen LogP contribution in [0.2, 0.25) is 0 Å². The van der Waals surface area contributed by atoms with E-state index < -0.39 is 0 Å². The molecule has 2 aromatic rings. The van der Waals surface area contributed by atoms with Gasteiger partial charge in [0.15, 0.2) is 0 Å². The summed E-state index contributed by atoms with van der Waals surface area (Å²) < 4.78 is 1.48. The van der Waals surface area contributed by atoms with Crippen LogP contribution in [-0.2, 0) is 11.2 Å². The number of rotatable bonds is 7. The fourth-order valence-corrected chi connectivity index (χ4v) is 3.66. The quantitative estimate of drug-likeness (QED) is 0.688. The van der Waals surface area contributed by atoms with E-state index in [4.69, 9.17) is 5.11 Å². The zero-order valence-corrected chi connectivity index (χ0v) is 17.9. The first-order chi connectivity index (χ1) is 14.5. The molecule has 30 heavy (non-hydrogen) atoms. The van der Waals surface area contributed by atoms with E-state index in [0.29, 0.717) is 31.8 Å². The van der Waals surface area contributed by atoms with E-state index in [1.165, 1.54) is 4.52 Å². The summed E-state index contributed by atoms with van der Waals surface area (Å²) >= 11 is 0. The van der Waals surface area contributed by atoms with Crippen LogP contribution in [0.3, 0.4) is 0 Å². The number of hydrogen-bond donors (Lipinski definition) is 1. The van der Waals surface area contributed by atoms with Crippen molar-refractivity contribution in [2.24, 2.45) is 0 Å². The second kappa shape index (κ2) is 9.80. The molecule has 1 N–H and O–H groups in total. The van der Waals surface area contributed by atoms with E-state index >= 15 is 0 Å². The molecule has 2 amide bonds. The van der Waals surface area contributed by atoms with Gasteiger partial charge in [0.2, 0.25) is 11.7 Å². The lowest BCUT2D eigenvalue weighted by Crippen LogP contribution is -2.56. The lowest BCUT2D eigenvalue weighted by atomic mass is 10.0. The van der Waals surface area contributed by atoms with Crippen LogP contribution < -0.4 is 0 Å². The topological polar surface area (TPSA) is 104 Å². The normalized spacial score (nSPS) is 17.6. The summed E-state index contributed by atoms with van der Waals surface area (Å²) in [7, 11) is 0. The summed E-state index contributed by atoms with van der Waals surface area (Å²) in [5.41, 5.74) is 1.54. The Hall–Kier alpha value is -2.81. The number of fused-ring (bicyclic) bond motifs is 1. The number of nitrogens with zero attached hydrogens (tertiary/aromatic N) is 6. The number of carbonyl (C=O) groups excluding carboxylic acids is 2. The molecule has 3 rings (SSSR count). The van der Waals surface area contributed by atoms with Gasteiger partial charge in [0, 0.05) is 50.2 Å². The van der Waals surface area contributed by atoms with Crippen LogP contribution in [0.5, 0.6) is 0 Å². The molecule has 1 atom stereocenters. The Morgan fingerprint density at radius 3 is 2.83 bits per heavy atom. The molecule has 0 aliphatic carbocycles. The number of aliphatic hydroxyl groups excluding tert-OH is 1. The van der Waals surface area contributed by atoms with Gasteiger partial charge in [-0.25, -0.2) is 9.50 Å². The van der Waals surface area contributed by atoms with Crippen LogP contribution in [0.1, 0.15) is 56.2 Å². The van der Waals surface area contributed by atoms with Crippen molar-refractivity contribution < 1.29 is 14.7 Å². The van der Waals surface area contributed by atoms with Crippen LogP contribution in [0, 0.1) is 0 Å². The van der Waals surface area contributed by atoms with E-state index in [1.807, 2.05) is 24.8 Å². The second-order valence-electron chi connectivity index (χ2n) is 7.63. The van der Waals surface area contributed by atoms with E-state index in [1.54, 1.807) is 17.3 Å². The van der Waals surface area contributed by atoms with Crippen molar-refractivity contribution in [2.45, 2.75) is 52.5 Å². The highest BCUT2D eigenvalue weighted by molar-refractivity contribution is 5.94. The Morgan fingerprint density at radius 2 is 2.13 bits per heavy atom. The van der Waals surface area contributed by atoms with Crippen molar-refractivity contribution in [2.75, 3.05) is 26.2 Å². The average molecular weight is 415 g/mol. The van der Waals surface area contributed by atoms with Gasteiger partial charge in [-0.3, -0.25) is 9.59 Å². The zero-order valence-electron chi connectivity index (χ0n) is 17.9. The minimum Gasteiger partial charge on any atom is -0.396 e. The third-order valence-corrected chi connectivity index (χ3v) is 5.53. The number of amides is 2. The van der Waals surface area contributed by atoms with Crippen LogP contribution in [0.4, 0.5) is 0 Å². The van der Waals surface area contributed by atoms with Crippen molar-refractivity contribution in [3.63, 3.8) is 0 Å². The molecule has 2 aromatic heterocycles. The first-order valence-electron chi connectivity index (χ1n) is 10.5. The first kappa shape index (κ1) is 21.9. The number of unbranched alkanes of at least 4 members (excludes halogenated alkanes) is 1. The maximum Gasteiger partial charge on any atom is 0.293 e. The van der Waals surface area contributed by atoms with Crippen LogP contribution in [0.15, 0.2) is 24.0 Å². The summed E-state index contributed by atoms with van der Waals surface area (Å²) in [5, 5.41) is 13.4. The molecule has 3 heterocycles. The van der Waals surface area contributed by atoms with Gasteiger partial charge < -0.3 is 14.9 Å². The number of aromatic nitrogens is 4. The summed E-state index contributed by atoms with van der Waals surface area (Å²) in [4.78, 5) is 38.0. The molecule has 0 bridgehead atoms. The van der Waals surface area contributed by atoms with E-state index in [9.17, 15) is 9.59 Å². The molecule has 1 saturated heterocycles. The van der Waals surface area contributed by atoms with E-state index in [0.717, 1.165) is 30.4 Å². The Balaban J connectivity index is 1.81. The highest BCUT2D eigenvalue weighted by Crippen LogP contribution is 2.19. The van der Waals surface area contributed by atoms with Crippen molar-refractivity contribution in [3.8, 4) is 0 Å². The summed E-state index contributed by atoms with van der Waals surface area (Å²) in [5.74, 6) is 0.245. The predicted molar refractivity (Wildman–Crippen MR) is 112 cm³/mol. The summed E-state index contributed by atoms with van der Waals surface area (Å²) in [6.45, 7) is 7.27. The van der Waals surface area contributed by atoms with Gasteiger partial charge >= 0.3 is 0 Å². The van der Waals surface area contributed by atoms with E-state index in [-0.39, 0.29) is 30.3 Å². The molecular weight excluding hydrogens is 384 g/mol. The van der Waals surface area contributed by atoms with Crippen molar-refractivity contribution in [1.29, 1.82) is 0 Å². The predicted octanol–water partition coefficient (Wildman–Crippen LogP) is 1.47. The SMILES string of the molecule is C/C=C(\C)C(=O)N1CCN(C(=O)c2nc3ncc(CCO)cn3n2)[C@@H](CCCC)C1. The standard InChI is InChI=1S/C21H30N6O3/c1-4-6-7-17-14-25(19(29)15(3)5-2)9-10-26(17)20(30)18-23-21-22-12-16(8-11-28)13-27(21)24-18/h5,12-13,17,28H,4,6-11,14H2,1-3H3/b15-5+/t17-/m0/s1. The Bertz CT molecular complexity index is 938. The number of hydrogen-bond acceptors (Lipinski definition) is 6. The number of carbonyl (C=O) groups is 2. The minimum absolute atomic E-state index is 0.0163. The highest BCUT2D eigenvalue weighted by Gasteiger charge is 2.34. The molecule has 162 valence electrons. The average Bonchev–Trinajstić information content (AvgIpc) is 3.19. The van der Waals surface area contributed by atoms with Crippen LogP contribution in [-0.4, -0.2) is 78.6 Å². The molecule has 0 aromatic carbocycles. The van der Waals surface area contributed by atoms with Gasteiger partial charge in [0.05, 0.1) is 0 Å². The number of allylic oxidation sites excluding steroid dienone is 1. The summed E-state index contributed by atoms with van der Waals surface area (Å²) in [6, 6.07) is -0.0654. The molecule has 0 unspecified atom stereocenters. The van der Waals surface area contributed by atoms with Crippen LogP contribution in [0.25, 0.3) is 5.78 Å². The third-order valence-electron chi connectivity index (χ3n) is 5.53. The second-order valence-corrected chi connectivity index (χ2v) is 7.63. The smallest absolute Gasteiger partial charge is 0.293 e. The Morgan fingerprint density at radius 1 is 1.33 bits per heavy atom. The molecule has 9 nitrogen and oxygen atoms in total. The highest BCUT2D eigenvalue weighted by atomic mass is 16.3. The van der Waals surface area contributed by atoms with Gasteiger partial charge in [-0.1, -0.05) is 25.8 Å². The molecule has 1 aliphatic heterocycles. The molecule has 0 radical (unpaired) electrons. The van der Waals surface area contributed by atoms with Gasteiger partial charge in [0.25, 0.3) is 11.7 Å². The van der Waals surface area contributed by atoms with Crippen molar-refractivity contribution in [3.05, 3.63) is 35.4 Å². The fourth-order valence-electron chi connectivity index (χ4n) is 3.66. The monoisotopic (exact) mass is 414 g/mol. The minimum atomic E-state index is -0.236. The Labute approximate surface area is 176 Å². The van der Waals surface area contributed by atoms with Gasteiger partial charge in [-0.15, -0.1) is 5.10 Å². The zero-order chi connectivity index (χ0) is 21.7. The first-order valence-corrected chi connectivity index (χ1v) is 10.5. The molecule has 0 spiro atoms. The third kappa shape index (κ3) is 4.67. The van der Waals surface area contributed by atoms with Gasteiger partial charge in [0.1, 0.15) is 0 Å². The summed E-state index contributed by atoms with van der Waals surface area (Å²) in [6.07, 6.45) is 8.47. The Kier molecular flexibility index (Phi) is 7.15. The molecule has 9 heteroatoms. The van der Waals surface area contributed by atoms with Crippen molar-refractivity contribution in [1.82, 2.24) is 29.4 Å². The van der Waals surface area contributed by atoms with Crippen LogP contribution >= 0.6 is 0 Å². The molecule has 0 saturated carbocycles. The largest absolute Gasteiger partial charge is 0.396 e. The fraction of sp³-hybridized carbons (Fsp3) is 0.571. The molecule has 1 aliphatic rings. The van der Waals surface area contributed by atoms with Crippen molar-refractivity contribution >= 4 is 17.6 Å². The van der Waals surface area contributed by atoms with E-state index in [2.05, 4.69) is 22.0 Å². The van der Waals surface area contributed by atoms with Gasteiger partial charge in [-0.2, -0.15) is 4.98 Å². The number of aliphatic hydroxyl groups is 1.